The van der Waals surface area contributed by atoms with Crippen molar-refractivity contribution in [3.05, 3.63) is 105 Å². The Bertz CT molecular complexity index is 1320. The molecule has 0 bridgehead atoms. The van der Waals surface area contributed by atoms with Gasteiger partial charge < -0.3 is 9.55 Å². The Kier molecular flexibility index (Phi) is 5.50. The van der Waals surface area contributed by atoms with E-state index in [0.29, 0.717) is 5.02 Å². The number of nitrogens with zero attached hydrogens (tertiary/aromatic N) is 2. The summed E-state index contributed by atoms with van der Waals surface area (Å²) in [5.41, 5.74) is 5.67. The molecular formula is C23H19ClN4O2. The van der Waals surface area contributed by atoms with E-state index >= 15 is 0 Å². The van der Waals surface area contributed by atoms with Crippen molar-refractivity contribution < 1.29 is 4.79 Å². The van der Waals surface area contributed by atoms with Gasteiger partial charge in [0.15, 0.2) is 0 Å². The fraction of sp³-hybridized carbons (Fsp3) is 0.0870. The molecule has 0 aliphatic rings. The Hall–Kier alpha value is -3.64. The Morgan fingerprint density at radius 3 is 2.73 bits per heavy atom. The van der Waals surface area contributed by atoms with Gasteiger partial charge >= 0.3 is 0 Å². The minimum Gasteiger partial charge on any atom is -0.358 e. The van der Waals surface area contributed by atoms with Gasteiger partial charge in [-0.3, -0.25) is 9.59 Å². The van der Waals surface area contributed by atoms with E-state index in [0.717, 1.165) is 27.7 Å². The van der Waals surface area contributed by atoms with Crippen molar-refractivity contribution in [2.45, 2.75) is 13.5 Å². The third-order valence-electron chi connectivity index (χ3n) is 4.87. The summed E-state index contributed by atoms with van der Waals surface area (Å²) in [7, 11) is 0. The van der Waals surface area contributed by atoms with Crippen LogP contribution in [0.15, 0.2) is 76.8 Å². The van der Waals surface area contributed by atoms with Crippen LogP contribution in [0.1, 0.15) is 27.2 Å². The standard InChI is InChI=1S/C23H19ClN4O2/c1-15-19(17-8-3-5-11-21(17)26-15)13-25-27-22(29)18-9-6-12-28(23(18)30)14-16-7-2-4-10-20(16)24/h2-13,26H,14H2,1H3,(H,27,29)/b25-13-. The molecule has 2 heterocycles. The number of rotatable bonds is 5. The second kappa shape index (κ2) is 8.39. The normalized spacial score (nSPS) is 11.3. The van der Waals surface area contributed by atoms with Crippen LogP contribution in [0.5, 0.6) is 0 Å². The molecule has 2 N–H and O–H groups in total. The summed E-state index contributed by atoms with van der Waals surface area (Å²) in [4.78, 5) is 28.6. The number of aromatic amines is 1. The molecule has 0 saturated heterocycles. The first-order chi connectivity index (χ1) is 14.5. The number of aryl methyl sites for hydroxylation is 1. The fourth-order valence-electron chi connectivity index (χ4n) is 3.32. The number of amides is 1. The highest BCUT2D eigenvalue weighted by Crippen LogP contribution is 2.20. The van der Waals surface area contributed by atoms with Gasteiger partial charge in [-0.15, -0.1) is 0 Å². The Morgan fingerprint density at radius 1 is 1.13 bits per heavy atom. The number of fused-ring (bicyclic) bond motifs is 1. The van der Waals surface area contributed by atoms with Crippen molar-refractivity contribution in [3.63, 3.8) is 0 Å². The van der Waals surface area contributed by atoms with Crippen LogP contribution in [-0.2, 0) is 6.54 Å². The summed E-state index contributed by atoms with van der Waals surface area (Å²) in [6.45, 7) is 2.21. The molecule has 0 unspecified atom stereocenters. The number of benzene rings is 2. The highest BCUT2D eigenvalue weighted by Gasteiger charge is 2.13. The van der Waals surface area contributed by atoms with Gasteiger partial charge in [0, 0.05) is 33.4 Å². The van der Waals surface area contributed by atoms with E-state index in [1.165, 1.54) is 10.6 Å². The fourth-order valence-corrected chi connectivity index (χ4v) is 3.52. The second-order valence-electron chi connectivity index (χ2n) is 6.85. The zero-order chi connectivity index (χ0) is 21.1. The van der Waals surface area contributed by atoms with Crippen molar-refractivity contribution in [2.24, 2.45) is 5.10 Å². The zero-order valence-electron chi connectivity index (χ0n) is 16.2. The van der Waals surface area contributed by atoms with Gasteiger partial charge in [-0.2, -0.15) is 5.10 Å². The van der Waals surface area contributed by atoms with Crippen LogP contribution in [0.2, 0.25) is 5.02 Å². The number of aromatic nitrogens is 2. The number of hydrogen-bond donors (Lipinski definition) is 2. The molecule has 7 heteroatoms. The number of hydrazone groups is 1. The summed E-state index contributed by atoms with van der Waals surface area (Å²) < 4.78 is 1.45. The monoisotopic (exact) mass is 418 g/mol. The summed E-state index contributed by atoms with van der Waals surface area (Å²) in [6.07, 6.45) is 3.21. The van der Waals surface area contributed by atoms with E-state index < -0.39 is 11.5 Å². The number of para-hydroxylation sites is 1. The zero-order valence-corrected chi connectivity index (χ0v) is 17.0. The molecule has 2 aromatic carbocycles. The third-order valence-corrected chi connectivity index (χ3v) is 5.24. The average molecular weight is 419 g/mol. The minimum atomic E-state index is -0.567. The summed E-state index contributed by atoms with van der Waals surface area (Å²) >= 11 is 6.18. The van der Waals surface area contributed by atoms with Gasteiger partial charge in [-0.05, 0) is 36.8 Å². The first-order valence-electron chi connectivity index (χ1n) is 9.38. The molecule has 4 aromatic rings. The predicted molar refractivity (Wildman–Crippen MR) is 119 cm³/mol. The lowest BCUT2D eigenvalue weighted by atomic mass is 10.1. The Labute approximate surface area is 177 Å². The van der Waals surface area contributed by atoms with E-state index in [4.69, 9.17) is 11.6 Å². The molecule has 1 amide bonds. The molecule has 0 atom stereocenters. The van der Waals surface area contributed by atoms with Gasteiger partial charge in [0.05, 0.1) is 12.8 Å². The predicted octanol–water partition coefficient (Wildman–Crippen LogP) is 4.10. The molecule has 150 valence electrons. The first kappa shape index (κ1) is 19.7. The second-order valence-corrected chi connectivity index (χ2v) is 7.26. The van der Waals surface area contributed by atoms with Gasteiger partial charge in [0.1, 0.15) is 5.56 Å². The number of carbonyl (C=O) groups is 1. The van der Waals surface area contributed by atoms with Crippen LogP contribution in [0.4, 0.5) is 0 Å². The largest absolute Gasteiger partial charge is 0.358 e. The first-order valence-corrected chi connectivity index (χ1v) is 9.76. The lowest BCUT2D eigenvalue weighted by molar-refractivity contribution is 0.0953. The molecular weight excluding hydrogens is 400 g/mol. The van der Waals surface area contributed by atoms with Crippen LogP contribution in [0.3, 0.4) is 0 Å². The van der Waals surface area contributed by atoms with E-state index in [2.05, 4.69) is 15.5 Å². The molecule has 6 nitrogen and oxygen atoms in total. The van der Waals surface area contributed by atoms with Crippen LogP contribution < -0.4 is 11.0 Å². The summed E-state index contributed by atoms with van der Waals surface area (Å²) in [5.74, 6) is -0.567. The molecule has 0 aliphatic heterocycles. The topological polar surface area (TPSA) is 79.2 Å². The summed E-state index contributed by atoms with van der Waals surface area (Å²) in [5, 5.41) is 5.63. The number of halogens is 1. The molecule has 0 saturated carbocycles. The smallest absolute Gasteiger partial charge is 0.276 e. The van der Waals surface area contributed by atoms with Crippen molar-refractivity contribution in [1.82, 2.24) is 15.0 Å². The maximum Gasteiger partial charge on any atom is 0.276 e. The maximum absolute atomic E-state index is 12.7. The Morgan fingerprint density at radius 2 is 1.90 bits per heavy atom. The van der Waals surface area contributed by atoms with Crippen molar-refractivity contribution in [1.29, 1.82) is 0 Å². The van der Waals surface area contributed by atoms with Gasteiger partial charge in [-0.1, -0.05) is 48.0 Å². The molecule has 0 fully saturated rings. The molecule has 2 aromatic heterocycles. The number of pyridine rings is 1. The third kappa shape index (κ3) is 3.90. The quantitative estimate of drug-likeness (QED) is 0.378. The molecule has 30 heavy (non-hydrogen) atoms. The highest BCUT2D eigenvalue weighted by molar-refractivity contribution is 6.31. The summed E-state index contributed by atoms with van der Waals surface area (Å²) in [6, 6.07) is 18.3. The van der Waals surface area contributed by atoms with Gasteiger partial charge in [-0.25, -0.2) is 5.43 Å². The van der Waals surface area contributed by atoms with Crippen molar-refractivity contribution >= 4 is 34.6 Å². The van der Waals surface area contributed by atoms with E-state index in [-0.39, 0.29) is 12.1 Å². The van der Waals surface area contributed by atoms with Crippen LogP contribution in [-0.4, -0.2) is 21.7 Å². The molecule has 0 spiro atoms. The minimum absolute atomic E-state index is 0.0114. The number of H-pyrrole nitrogens is 1. The molecule has 0 aliphatic carbocycles. The number of carbonyl (C=O) groups excluding carboxylic acids is 1. The van der Waals surface area contributed by atoms with E-state index in [1.54, 1.807) is 24.5 Å². The number of nitrogens with one attached hydrogen (secondary N) is 2. The molecule has 4 rings (SSSR count). The van der Waals surface area contributed by atoms with Gasteiger partial charge in [0.2, 0.25) is 0 Å². The SMILES string of the molecule is Cc1[nH]c2ccccc2c1/C=N\NC(=O)c1cccn(Cc2ccccc2Cl)c1=O. The van der Waals surface area contributed by atoms with Crippen LogP contribution >= 0.6 is 11.6 Å². The van der Waals surface area contributed by atoms with Crippen molar-refractivity contribution in [2.75, 3.05) is 0 Å². The van der Waals surface area contributed by atoms with Crippen LogP contribution in [0, 0.1) is 6.92 Å². The highest BCUT2D eigenvalue weighted by atomic mass is 35.5. The van der Waals surface area contributed by atoms with E-state index in [9.17, 15) is 9.59 Å². The average Bonchev–Trinajstić information content (AvgIpc) is 3.06. The lowest BCUT2D eigenvalue weighted by Crippen LogP contribution is -2.31. The molecule has 0 radical (unpaired) electrons. The lowest BCUT2D eigenvalue weighted by Gasteiger charge is -2.09. The maximum atomic E-state index is 12.7. The van der Waals surface area contributed by atoms with Crippen molar-refractivity contribution in [3.8, 4) is 0 Å². The van der Waals surface area contributed by atoms with Gasteiger partial charge in [0.25, 0.3) is 11.5 Å². The Balaban J connectivity index is 1.54. The number of hydrogen-bond acceptors (Lipinski definition) is 3. The van der Waals surface area contributed by atoms with Crippen LogP contribution in [0.25, 0.3) is 10.9 Å². The van der Waals surface area contributed by atoms with E-state index in [1.807, 2.05) is 49.4 Å².